The second kappa shape index (κ2) is 8.98. The molecule has 0 bridgehead atoms. The van der Waals surface area contributed by atoms with E-state index in [4.69, 9.17) is 19.9 Å². The number of fused-ring (bicyclic) bond motifs is 2. The summed E-state index contributed by atoms with van der Waals surface area (Å²) in [6.45, 7) is 4.80. The highest BCUT2D eigenvalue weighted by molar-refractivity contribution is 9.10. The quantitative estimate of drug-likeness (QED) is 0.568. The molecule has 2 heterocycles. The van der Waals surface area contributed by atoms with E-state index in [9.17, 15) is 14.4 Å². The SMILES string of the molecule is CC1=C(C(=O)OCc2ccccc2)[C@@]2(C(=O)Nc3ccc(Br)cc32)C(C(=O)OC(C)C)=C(N)O1. The van der Waals surface area contributed by atoms with Crippen LogP contribution in [0.5, 0.6) is 0 Å². The summed E-state index contributed by atoms with van der Waals surface area (Å²) in [6.07, 6.45) is -0.503. The minimum absolute atomic E-state index is 0.0372. The molecule has 0 unspecified atom stereocenters. The normalized spacial score (nSPS) is 19.1. The Hall–Kier alpha value is -3.59. The van der Waals surface area contributed by atoms with Gasteiger partial charge in [0.2, 0.25) is 11.8 Å². The van der Waals surface area contributed by atoms with Crippen molar-refractivity contribution in [3.05, 3.63) is 86.9 Å². The lowest BCUT2D eigenvalue weighted by atomic mass is 9.67. The van der Waals surface area contributed by atoms with Crippen molar-refractivity contribution in [1.29, 1.82) is 0 Å². The van der Waals surface area contributed by atoms with Crippen LogP contribution in [0.2, 0.25) is 0 Å². The highest BCUT2D eigenvalue weighted by Crippen LogP contribution is 2.53. The van der Waals surface area contributed by atoms with E-state index in [1.807, 2.05) is 18.2 Å². The minimum Gasteiger partial charge on any atom is -0.459 e. The number of amides is 1. The highest BCUT2D eigenvalue weighted by Gasteiger charge is 2.62. The molecule has 4 rings (SSSR count). The molecule has 0 aromatic heterocycles. The Morgan fingerprint density at radius 1 is 1.12 bits per heavy atom. The zero-order chi connectivity index (χ0) is 24.6. The molecule has 9 heteroatoms. The van der Waals surface area contributed by atoms with Gasteiger partial charge in [0.25, 0.3) is 0 Å². The number of anilines is 1. The van der Waals surface area contributed by atoms with Crippen molar-refractivity contribution in [2.24, 2.45) is 5.73 Å². The largest absolute Gasteiger partial charge is 0.459 e. The summed E-state index contributed by atoms with van der Waals surface area (Å²) in [7, 11) is 0. The summed E-state index contributed by atoms with van der Waals surface area (Å²) in [6, 6.07) is 14.2. The summed E-state index contributed by atoms with van der Waals surface area (Å²) in [5, 5.41) is 2.77. The fourth-order valence-electron chi connectivity index (χ4n) is 4.23. The van der Waals surface area contributed by atoms with E-state index in [1.54, 1.807) is 44.2 Å². The van der Waals surface area contributed by atoms with Crippen LogP contribution in [0, 0.1) is 0 Å². The Balaban J connectivity index is 1.89. The van der Waals surface area contributed by atoms with Crippen molar-refractivity contribution in [2.45, 2.75) is 38.9 Å². The average molecular weight is 527 g/mol. The van der Waals surface area contributed by atoms with Crippen LogP contribution in [0.4, 0.5) is 5.69 Å². The fourth-order valence-corrected chi connectivity index (χ4v) is 4.59. The molecule has 0 fully saturated rings. The maximum Gasteiger partial charge on any atom is 0.341 e. The molecule has 1 spiro atoms. The van der Waals surface area contributed by atoms with Crippen LogP contribution >= 0.6 is 15.9 Å². The van der Waals surface area contributed by atoms with Crippen LogP contribution in [-0.2, 0) is 40.6 Å². The minimum atomic E-state index is -1.91. The first-order valence-corrected chi connectivity index (χ1v) is 11.4. The molecule has 2 aromatic carbocycles. The molecule has 0 radical (unpaired) electrons. The number of halogens is 1. The summed E-state index contributed by atoms with van der Waals surface area (Å²) < 4.78 is 17.2. The van der Waals surface area contributed by atoms with E-state index >= 15 is 0 Å². The number of benzene rings is 2. The molecule has 2 aliphatic rings. The van der Waals surface area contributed by atoms with E-state index in [0.717, 1.165) is 5.56 Å². The number of rotatable bonds is 5. The Labute approximate surface area is 204 Å². The third kappa shape index (κ3) is 3.86. The molecular weight excluding hydrogens is 504 g/mol. The Kier molecular flexibility index (Phi) is 6.22. The van der Waals surface area contributed by atoms with Gasteiger partial charge in [-0.2, -0.15) is 0 Å². The topological polar surface area (TPSA) is 117 Å². The van der Waals surface area contributed by atoms with Crippen molar-refractivity contribution >= 4 is 39.5 Å². The maximum absolute atomic E-state index is 13.7. The number of nitrogens with two attached hydrogens (primary N) is 1. The molecule has 0 aliphatic carbocycles. The number of hydrogen-bond donors (Lipinski definition) is 2. The van der Waals surface area contributed by atoms with E-state index in [1.165, 1.54) is 6.92 Å². The van der Waals surface area contributed by atoms with Crippen molar-refractivity contribution in [1.82, 2.24) is 0 Å². The summed E-state index contributed by atoms with van der Waals surface area (Å²) in [5.41, 5.74) is 5.39. The first kappa shape index (κ1) is 23.6. The Morgan fingerprint density at radius 3 is 2.50 bits per heavy atom. The van der Waals surface area contributed by atoms with Crippen molar-refractivity contribution in [3.63, 3.8) is 0 Å². The summed E-state index contributed by atoms with van der Waals surface area (Å²) in [4.78, 5) is 40.5. The van der Waals surface area contributed by atoms with Gasteiger partial charge in [-0.25, -0.2) is 9.59 Å². The van der Waals surface area contributed by atoms with Crippen LogP contribution in [0.1, 0.15) is 31.9 Å². The second-order valence-electron chi connectivity index (χ2n) is 8.18. The molecule has 0 saturated carbocycles. The van der Waals surface area contributed by atoms with Gasteiger partial charge in [-0.05, 0) is 44.5 Å². The smallest absolute Gasteiger partial charge is 0.341 e. The summed E-state index contributed by atoms with van der Waals surface area (Å²) >= 11 is 3.41. The molecular formula is C25H23BrN2O6. The number of esters is 2. The fraction of sp³-hybridized carbons (Fsp3) is 0.240. The maximum atomic E-state index is 13.7. The average Bonchev–Trinajstić information content (AvgIpc) is 3.03. The molecule has 2 aromatic rings. The van der Waals surface area contributed by atoms with Gasteiger partial charge < -0.3 is 25.3 Å². The van der Waals surface area contributed by atoms with Gasteiger partial charge in [-0.15, -0.1) is 0 Å². The predicted octanol–water partition coefficient (Wildman–Crippen LogP) is 3.81. The van der Waals surface area contributed by atoms with Crippen LogP contribution in [0.25, 0.3) is 0 Å². The van der Waals surface area contributed by atoms with Gasteiger partial charge in [-0.3, -0.25) is 4.79 Å². The van der Waals surface area contributed by atoms with Crippen molar-refractivity contribution in [2.75, 3.05) is 5.32 Å². The van der Waals surface area contributed by atoms with E-state index in [-0.39, 0.29) is 29.4 Å². The van der Waals surface area contributed by atoms with Gasteiger partial charge in [0.15, 0.2) is 0 Å². The molecule has 3 N–H and O–H groups in total. The molecule has 176 valence electrons. The Morgan fingerprint density at radius 2 is 1.82 bits per heavy atom. The number of carbonyl (C=O) groups excluding carboxylic acids is 3. The van der Waals surface area contributed by atoms with Crippen molar-refractivity contribution < 1.29 is 28.6 Å². The lowest BCUT2D eigenvalue weighted by Crippen LogP contribution is -2.48. The first-order chi connectivity index (χ1) is 16.2. The number of ether oxygens (including phenoxy) is 3. The van der Waals surface area contributed by atoms with Crippen LogP contribution < -0.4 is 11.1 Å². The molecule has 1 atom stereocenters. The van der Waals surface area contributed by atoms with Gasteiger partial charge in [0.1, 0.15) is 28.9 Å². The molecule has 1 amide bonds. The zero-order valence-electron chi connectivity index (χ0n) is 18.8. The standard InChI is InChI=1S/C25H23BrN2O6/c1-13(2)33-23(30)20-21(27)34-14(3)19(22(29)32-12-15-7-5-4-6-8-15)25(20)17-11-16(26)9-10-18(17)28-24(25)31/h4-11,13H,12,27H2,1-3H3,(H,28,31)/t25-/m1/s1. The van der Waals surface area contributed by atoms with E-state index < -0.39 is 29.4 Å². The lowest BCUT2D eigenvalue weighted by molar-refractivity contribution is -0.146. The number of carbonyl (C=O) groups is 3. The number of allylic oxidation sites excluding steroid dienone is 1. The second-order valence-corrected chi connectivity index (χ2v) is 9.10. The monoisotopic (exact) mass is 526 g/mol. The van der Waals surface area contributed by atoms with Crippen LogP contribution in [0.15, 0.2) is 75.8 Å². The van der Waals surface area contributed by atoms with Crippen LogP contribution in [-0.4, -0.2) is 23.9 Å². The third-order valence-electron chi connectivity index (χ3n) is 5.55. The number of nitrogens with one attached hydrogen (secondary N) is 1. The lowest BCUT2D eigenvalue weighted by Gasteiger charge is -2.35. The zero-order valence-corrected chi connectivity index (χ0v) is 20.4. The van der Waals surface area contributed by atoms with Crippen LogP contribution in [0.3, 0.4) is 0 Å². The molecule has 0 saturated heterocycles. The number of hydrogen-bond acceptors (Lipinski definition) is 7. The van der Waals surface area contributed by atoms with Crippen molar-refractivity contribution in [3.8, 4) is 0 Å². The van der Waals surface area contributed by atoms with Gasteiger partial charge in [0, 0.05) is 15.7 Å². The molecule has 2 aliphatic heterocycles. The first-order valence-electron chi connectivity index (χ1n) is 10.6. The molecule has 8 nitrogen and oxygen atoms in total. The third-order valence-corrected chi connectivity index (χ3v) is 6.04. The van der Waals surface area contributed by atoms with Gasteiger partial charge >= 0.3 is 11.9 Å². The van der Waals surface area contributed by atoms with E-state index in [0.29, 0.717) is 15.7 Å². The van der Waals surface area contributed by atoms with Gasteiger partial charge in [0.05, 0.1) is 6.10 Å². The highest BCUT2D eigenvalue weighted by atomic mass is 79.9. The predicted molar refractivity (Wildman–Crippen MR) is 127 cm³/mol. The summed E-state index contributed by atoms with van der Waals surface area (Å²) in [5.74, 6) is -2.57. The Bertz CT molecular complexity index is 1250. The van der Waals surface area contributed by atoms with E-state index in [2.05, 4.69) is 21.2 Å². The molecule has 34 heavy (non-hydrogen) atoms. The van der Waals surface area contributed by atoms with Gasteiger partial charge in [-0.1, -0.05) is 46.3 Å².